The van der Waals surface area contributed by atoms with E-state index in [1.165, 1.54) is 0 Å². The molecule has 2 aromatic rings. The topological polar surface area (TPSA) is 87.7 Å². The Kier molecular flexibility index (Phi) is 7.64. The third-order valence-corrected chi connectivity index (χ3v) is 10.1. The Labute approximate surface area is 250 Å². The van der Waals surface area contributed by atoms with E-state index >= 15 is 0 Å². The summed E-state index contributed by atoms with van der Waals surface area (Å²) in [5, 5.41) is 7.35. The number of nitrogens with zero attached hydrogens (tertiary/aromatic N) is 1. The smallest absolute Gasteiger partial charge is 0.246 e. The summed E-state index contributed by atoms with van der Waals surface area (Å²) in [5.41, 5.74) is 0.343. The van der Waals surface area contributed by atoms with E-state index in [2.05, 4.69) is 24.5 Å². The molecule has 0 aromatic heterocycles. The second-order valence-corrected chi connectivity index (χ2v) is 12.9. The summed E-state index contributed by atoms with van der Waals surface area (Å²) in [7, 11) is 0. The van der Waals surface area contributed by atoms with Gasteiger partial charge in [-0.3, -0.25) is 14.4 Å². The summed E-state index contributed by atoms with van der Waals surface area (Å²) in [6, 6.07) is 13.5. The molecule has 2 aromatic carbocycles. The molecule has 4 aliphatic rings. The van der Waals surface area contributed by atoms with Gasteiger partial charge in [0.05, 0.1) is 17.9 Å². The number of ether oxygens (including phenoxy) is 1. The van der Waals surface area contributed by atoms with Gasteiger partial charge < -0.3 is 20.3 Å². The minimum absolute atomic E-state index is 0.0272. The van der Waals surface area contributed by atoms with Crippen LogP contribution >= 0.6 is 23.2 Å². The molecule has 0 radical (unpaired) electrons. The van der Waals surface area contributed by atoms with Crippen LogP contribution in [-0.4, -0.2) is 53.0 Å². The predicted octanol–water partition coefficient (Wildman–Crippen LogP) is 5.27. The van der Waals surface area contributed by atoms with E-state index in [0.29, 0.717) is 40.5 Å². The Balaban J connectivity index is 1.30. The average molecular weight is 597 g/mol. The summed E-state index contributed by atoms with van der Waals surface area (Å²) in [4.78, 5) is 43.6. The summed E-state index contributed by atoms with van der Waals surface area (Å²) in [6.45, 7) is 4.72. The van der Waals surface area contributed by atoms with Crippen LogP contribution in [0.2, 0.25) is 10.0 Å². The monoisotopic (exact) mass is 595 g/mol. The lowest BCUT2D eigenvalue weighted by Crippen LogP contribution is -2.58. The SMILES string of the molecule is CC1CCCC(NC(=O)C2N(CCc3ccc(Cl)cc3)C(=O)C3C(C(=O)Nc4cccc(Cl)c4)C4C=CC32O4)C1C. The number of amides is 3. The van der Waals surface area contributed by atoms with Crippen LogP contribution in [0, 0.1) is 23.7 Å². The summed E-state index contributed by atoms with van der Waals surface area (Å²) in [6.07, 6.45) is 6.74. The molecular formula is C32H35Cl2N3O4. The number of halogens is 2. The first-order valence-corrected chi connectivity index (χ1v) is 15.2. The molecule has 2 bridgehead atoms. The van der Waals surface area contributed by atoms with Crippen molar-refractivity contribution < 1.29 is 19.1 Å². The van der Waals surface area contributed by atoms with Crippen LogP contribution in [-0.2, 0) is 25.5 Å². The highest BCUT2D eigenvalue weighted by atomic mass is 35.5. The van der Waals surface area contributed by atoms with Gasteiger partial charge in [0.1, 0.15) is 11.6 Å². The molecule has 1 saturated carbocycles. The molecule has 3 fully saturated rings. The summed E-state index contributed by atoms with van der Waals surface area (Å²) >= 11 is 12.2. The number of anilines is 1. The molecule has 8 atom stereocenters. The normalized spacial score (nSPS) is 33.6. The van der Waals surface area contributed by atoms with Crippen molar-refractivity contribution in [2.24, 2.45) is 23.7 Å². The number of fused-ring (bicyclic) bond motifs is 1. The highest BCUT2D eigenvalue weighted by Crippen LogP contribution is 2.55. The number of rotatable bonds is 7. The van der Waals surface area contributed by atoms with Crippen molar-refractivity contribution in [3.63, 3.8) is 0 Å². The molecule has 216 valence electrons. The van der Waals surface area contributed by atoms with Crippen LogP contribution in [0.3, 0.4) is 0 Å². The predicted molar refractivity (Wildman–Crippen MR) is 159 cm³/mol. The molecule has 3 heterocycles. The Morgan fingerprint density at radius 1 is 1.05 bits per heavy atom. The Morgan fingerprint density at radius 3 is 2.59 bits per heavy atom. The average Bonchev–Trinajstić information content (AvgIpc) is 3.58. The largest absolute Gasteiger partial charge is 0.359 e. The molecular weight excluding hydrogens is 561 g/mol. The van der Waals surface area contributed by atoms with E-state index in [1.807, 2.05) is 36.4 Å². The third kappa shape index (κ3) is 5.06. The van der Waals surface area contributed by atoms with Crippen molar-refractivity contribution in [1.82, 2.24) is 10.2 Å². The number of hydrogen-bond donors (Lipinski definition) is 2. The lowest BCUT2D eigenvalue weighted by atomic mass is 9.73. The molecule has 9 heteroatoms. The zero-order chi connectivity index (χ0) is 28.9. The van der Waals surface area contributed by atoms with E-state index in [9.17, 15) is 14.4 Å². The van der Waals surface area contributed by atoms with E-state index in [4.69, 9.17) is 27.9 Å². The van der Waals surface area contributed by atoms with Gasteiger partial charge in [0.2, 0.25) is 17.7 Å². The van der Waals surface area contributed by atoms with Crippen molar-refractivity contribution in [3.05, 3.63) is 76.3 Å². The standard InChI is InChI=1S/C32H35Cl2N3O4/c1-18-5-3-8-24(19(18)2)36-30(39)28-32-15-13-25(41-32)26(29(38)35-23-7-4-6-22(34)17-23)27(32)31(40)37(28)16-14-20-9-11-21(33)12-10-20/h4,6-7,9-13,15,17-19,24-28H,3,5,8,14,16H2,1-2H3,(H,35,38)(H,36,39). The first-order chi connectivity index (χ1) is 19.7. The number of carbonyl (C=O) groups is 3. The lowest BCUT2D eigenvalue weighted by Gasteiger charge is -2.38. The van der Waals surface area contributed by atoms with Crippen molar-refractivity contribution in [2.45, 2.75) is 63.3 Å². The van der Waals surface area contributed by atoms with Gasteiger partial charge >= 0.3 is 0 Å². The Hall–Kier alpha value is -2.87. The first-order valence-electron chi connectivity index (χ1n) is 14.5. The van der Waals surface area contributed by atoms with Gasteiger partial charge in [-0.05, 0) is 60.6 Å². The number of likely N-dealkylation sites (tertiary alicyclic amines) is 1. The van der Waals surface area contributed by atoms with Crippen LogP contribution in [0.25, 0.3) is 0 Å². The quantitative estimate of drug-likeness (QED) is 0.427. The van der Waals surface area contributed by atoms with Crippen LogP contribution < -0.4 is 10.6 Å². The maximum absolute atomic E-state index is 14.2. The van der Waals surface area contributed by atoms with Crippen LogP contribution in [0.1, 0.15) is 38.7 Å². The number of hydrogen-bond acceptors (Lipinski definition) is 4. The fraction of sp³-hybridized carbons (Fsp3) is 0.469. The van der Waals surface area contributed by atoms with E-state index in [1.54, 1.807) is 29.2 Å². The maximum Gasteiger partial charge on any atom is 0.246 e. The zero-order valence-corrected chi connectivity index (χ0v) is 24.7. The number of nitrogens with one attached hydrogen (secondary N) is 2. The van der Waals surface area contributed by atoms with E-state index in [0.717, 1.165) is 24.8 Å². The van der Waals surface area contributed by atoms with Crippen molar-refractivity contribution in [1.29, 1.82) is 0 Å². The highest BCUT2D eigenvalue weighted by molar-refractivity contribution is 6.31. The molecule has 3 amide bonds. The summed E-state index contributed by atoms with van der Waals surface area (Å²) < 4.78 is 6.48. The van der Waals surface area contributed by atoms with Gasteiger partial charge in [-0.2, -0.15) is 0 Å². The lowest BCUT2D eigenvalue weighted by molar-refractivity contribution is -0.141. The van der Waals surface area contributed by atoms with Crippen LogP contribution in [0.5, 0.6) is 0 Å². The van der Waals surface area contributed by atoms with Crippen molar-refractivity contribution in [3.8, 4) is 0 Å². The highest BCUT2D eigenvalue weighted by Gasteiger charge is 2.72. The molecule has 2 saturated heterocycles. The second-order valence-electron chi connectivity index (χ2n) is 12.0. The number of benzene rings is 2. The molecule has 7 nitrogen and oxygen atoms in total. The van der Waals surface area contributed by atoms with Gasteiger partial charge in [0.15, 0.2) is 0 Å². The van der Waals surface area contributed by atoms with E-state index in [-0.39, 0.29) is 23.8 Å². The minimum Gasteiger partial charge on any atom is -0.359 e. The molecule has 3 aliphatic heterocycles. The van der Waals surface area contributed by atoms with Gasteiger partial charge in [-0.1, -0.05) is 80.2 Å². The zero-order valence-electron chi connectivity index (χ0n) is 23.2. The Bertz CT molecular complexity index is 1380. The minimum atomic E-state index is -1.20. The number of carbonyl (C=O) groups excluding carboxylic acids is 3. The van der Waals surface area contributed by atoms with E-state index < -0.39 is 29.6 Å². The van der Waals surface area contributed by atoms with Crippen molar-refractivity contribution in [2.75, 3.05) is 11.9 Å². The molecule has 1 spiro atoms. The Morgan fingerprint density at radius 2 is 1.83 bits per heavy atom. The fourth-order valence-electron chi connectivity index (χ4n) is 7.25. The van der Waals surface area contributed by atoms with Gasteiger partial charge in [0.25, 0.3) is 0 Å². The van der Waals surface area contributed by atoms with Crippen LogP contribution in [0.15, 0.2) is 60.7 Å². The fourth-order valence-corrected chi connectivity index (χ4v) is 7.56. The molecule has 8 unspecified atom stereocenters. The van der Waals surface area contributed by atoms with Gasteiger partial charge in [-0.15, -0.1) is 0 Å². The van der Waals surface area contributed by atoms with Gasteiger partial charge in [0, 0.05) is 28.3 Å². The first kappa shape index (κ1) is 28.3. The second kappa shape index (κ2) is 11.1. The molecule has 6 rings (SSSR count). The van der Waals surface area contributed by atoms with Gasteiger partial charge in [-0.25, -0.2) is 0 Å². The van der Waals surface area contributed by atoms with Crippen molar-refractivity contribution >= 4 is 46.6 Å². The summed E-state index contributed by atoms with van der Waals surface area (Å²) in [5.74, 6) is -1.52. The maximum atomic E-state index is 14.2. The third-order valence-electron chi connectivity index (χ3n) is 9.61. The molecule has 41 heavy (non-hydrogen) atoms. The molecule has 2 N–H and O–H groups in total. The molecule has 1 aliphatic carbocycles. The van der Waals surface area contributed by atoms with Crippen LogP contribution in [0.4, 0.5) is 5.69 Å².